The third-order valence-electron chi connectivity index (χ3n) is 3.34. The Morgan fingerprint density at radius 1 is 1.35 bits per heavy atom. The van der Waals surface area contributed by atoms with Crippen molar-refractivity contribution in [3.63, 3.8) is 0 Å². The Kier molecular flexibility index (Phi) is 4.02. The van der Waals surface area contributed by atoms with Crippen LogP contribution in [0.1, 0.15) is 19.3 Å². The summed E-state index contributed by atoms with van der Waals surface area (Å²) >= 11 is 0. The Hall–Kier alpha value is -2.38. The van der Waals surface area contributed by atoms with E-state index in [1.54, 1.807) is 0 Å². The maximum atomic E-state index is 11.8. The van der Waals surface area contributed by atoms with E-state index in [0.29, 0.717) is 19.3 Å². The van der Waals surface area contributed by atoms with Gasteiger partial charge in [0.1, 0.15) is 6.54 Å². The predicted octanol–water partition coefficient (Wildman–Crippen LogP) is -1.09. The monoisotopic (exact) mass is 281 g/mol. The molecule has 0 spiro atoms. The summed E-state index contributed by atoms with van der Waals surface area (Å²) in [6.45, 7) is -0.289. The summed E-state index contributed by atoms with van der Waals surface area (Å²) in [5, 5.41) is 13.8. The highest BCUT2D eigenvalue weighted by Gasteiger charge is 2.30. The second-order valence-electron chi connectivity index (χ2n) is 4.85. The van der Waals surface area contributed by atoms with Crippen molar-refractivity contribution in [2.24, 2.45) is 5.92 Å². The Labute approximate surface area is 113 Å². The molecule has 1 aliphatic carbocycles. The van der Waals surface area contributed by atoms with Crippen LogP contribution in [-0.4, -0.2) is 32.8 Å². The van der Waals surface area contributed by atoms with Gasteiger partial charge < -0.3 is 10.4 Å². The van der Waals surface area contributed by atoms with Crippen LogP contribution < -0.4 is 16.4 Å². The number of nitrogens with one attached hydrogen (secondary N) is 2. The van der Waals surface area contributed by atoms with E-state index in [1.807, 2.05) is 0 Å². The first-order chi connectivity index (χ1) is 9.45. The maximum Gasteiger partial charge on any atom is 0.306 e. The highest BCUT2D eigenvalue weighted by atomic mass is 16.4. The topological polar surface area (TPSA) is 121 Å². The number of H-pyrrole nitrogens is 1. The van der Waals surface area contributed by atoms with Gasteiger partial charge in [-0.3, -0.25) is 24.3 Å². The summed E-state index contributed by atoms with van der Waals surface area (Å²) in [6.07, 6.45) is 1.52. The van der Waals surface area contributed by atoms with E-state index < -0.39 is 28.9 Å². The first-order valence-electron chi connectivity index (χ1n) is 6.28. The van der Waals surface area contributed by atoms with Crippen LogP contribution >= 0.6 is 0 Å². The molecule has 8 nitrogen and oxygen atoms in total. The van der Waals surface area contributed by atoms with Crippen molar-refractivity contribution in [2.75, 3.05) is 0 Å². The molecule has 2 rings (SSSR count). The standard InChI is InChI=1S/C12H15N3O5/c16-9-3-4-11(18)15(14-9)6-10(17)13-8-2-1-7(5-8)12(19)20/h3-4,7-8H,1-2,5-6H2,(H,13,17)(H,14,16)(H,19,20). The van der Waals surface area contributed by atoms with Gasteiger partial charge >= 0.3 is 5.97 Å². The fourth-order valence-corrected chi connectivity index (χ4v) is 2.33. The van der Waals surface area contributed by atoms with Gasteiger partial charge in [-0.25, -0.2) is 4.68 Å². The van der Waals surface area contributed by atoms with Crippen molar-refractivity contribution in [3.05, 3.63) is 32.8 Å². The van der Waals surface area contributed by atoms with Gasteiger partial charge in [0.15, 0.2) is 0 Å². The van der Waals surface area contributed by atoms with E-state index >= 15 is 0 Å². The second kappa shape index (κ2) is 5.72. The highest BCUT2D eigenvalue weighted by molar-refractivity contribution is 5.76. The molecule has 2 atom stereocenters. The first-order valence-corrected chi connectivity index (χ1v) is 6.28. The van der Waals surface area contributed by atoms with Gasteiger partial charge in [0, 0.05) is 18.2 Å². The van der Waals surface area contributed by atoms with Gasteiger partial charge in [-0.1, -0.05) is 0 Å². The number of hydrogen-bond donors (Lipinski definition) is 3. The molecule has 0 bridgehead atoms. The average Bonchev–Trinajstić information content (AvgIpc) is 2.82. The molecule has 1 saturated carbocycles. The van der Waals surface area contributed by atoms with E-state index in [4.69, 9.17) is 5.11 Å². The molecule has 3 N–H and O–H groups in total. The summed E-state index contributed by atoms with van der Waals surface area (Å²) in [5.41, 5.74) is -0.946. The van der Waals surface area contributed by atoms with Crippen molar-refractivity contribution >= 4 is 11.9 Å². The van der Waals surface area contributed by atoms with Gasteiger partial charge in [0.2, 0.25) is 5.91 Å². The molecule has 1 amide bonds. The van der Waals surface area contributed by atoms with E-state index in [9.17, 15) is 19.2 Å². The van der Waals surface area contributed by atoms with E-state index in [0.717, 1.165) is 16.8 Å². The summed E-state index contributed by atoms with van der Waals surface area (Å²) in [7, 11) is 0. The van der Waals surface area contributed by atoms with Gasteiger partial charge in [-0.2, -0.15) is 0 Å². The third kappa shape index (κ3) is 3.34. The van der Waals surface area contributed by atoms with Crippen molar-refractivity contribution in [1.82, 2.24) is 15.1 Å². The van der Waals surface area contributed by atoms with Crippen molar-refractivity contribution in [3.8, 4) is 0 Å². The number of hydrogen-bond acceptors (Lipinski definition) is 4. The van der Waals surface area contributed by atoms with Crippen LogP contribution in [0, 0.1) is 5.92 Å². The van der Waals surface area contributed by atoms with Crippen LogP contribution in [0.3, 0.4) is 0 Å². The molecule has 1 aromatic rings. The molecule has 0 aliphatic heterocycles. The lowest BCUT2D eigenvalue weighted by Crippen LogP contribution is -2.39. The molecule has 2 unspecified atom stereocenters. The zero-order valence-corrected chi connectivity index (χ0v) is 10.7. The molecular formula is C12H15N3O5. The molecule has 1 aromatic heterocycles. The number of rotatable bonds is 4. The molecule has 8 heteroatoms. The minimum atomic E-state index is -0.856. The number of carboxylic acids is 1. The quantitative estimate of drug-likeness (QED) is 0.647. The first kappa shape index (κ1) is 14.0. The van der Waals surface area contributed by atoms with Crippen molar-refractivity contribution in [1.29, 1.82) is 0 Å². The van der Waals surface area contributed by atoms with Crippen LogP contribution in [0.5, 0.6) is 0 Å². The largest absolute Gasteiger partial charge is 0.481 e. The Bertz CT molecular complexity index is 632. The highest BCUT2D eigenvalue weighted by Crippen LogP contribution is 2.25. The smallest absolute Gasteiger partial charge is 0.306 e. The number of aliphatic carboxylic acids is 1. The summed E-state index contributed by atoms with van der Waals surface area (Å²) in [6, 6.07) is 1.97. The minimum Gasteiger partial charge on any atom is -0.481 e. The van der Waals surface area contributed by atoms with Gasteiger partial charge in [-0.15, -0.1) is 0 Å². The predicted molar refractivity (Wildman–Crippen MR) is 68.2 cm³/mol. The van der Waals surface area contributed by atoms with E-state index in [-0.39, 0.29) is 12.6 Å². The lowest BCUT2D eigenvalue weighted by atomic mass is 10.1. The number of aromatic nitrogens is 2. The second-order valence-corrected chi connectivity index (χ2v) is 4.85. The maximum absolute atomic E-state index is 11.8. The van der Waals surface area contributed by atoms with E-state index in [1.165, 1.54) is 0 Å². The van der Waals surface area contributed by atoms with Gasteiger partial charge in [0.25, 0.3) is 11.1 Å². The van der Waals surface area contributed by atoms with Gasteiger partial charge in [-0.05, 0) is 19.3 Å². The molecule has 0 radical (unpaired) electrons. The summed E-state index contributed by atoms with van der Waals surface area (Å²) in [5.74, 6) is -1.71. The van der Waals surface area contributed by atoms with Crippen LogP contribution in [-0.2, 0) is 16.1 Å². The molecule has 0 aromatic carbocycles. The van der Waals surface area contributed by atoms with Crippen LogP contribution in [0.15, 0.2) is 21.7 Å². The Morgan fingerprint density at radius 2 is 2.10 bits per heavy atom. The van der Waals surface area contributed by atoms with Crippen LogP contribution in [0.25, 0.3) is 0 Å². The summed E-state index contributed by atoms with van der Waals surface area (Å²) < 4.78 is 0.918. The fourth-order valence-electron chi connectivity index (χ4n) is 2.33. The molecule has 108 valence electrons. The average molecular weight is 281 g/mol. The van der Waals surface area contributed by atoms with E-state index in [2.05, 4.69) is 10.4 Å². The Balaban J connectivity index is 1.93. The molecule has 0 saturated heterocycles. The molecular weight excluding hydrogens is 266 g/mol. The zero-order chi connectivity index (χ0) is 14.7. The normalized spacial score (nSPS) is 21.6. The molecule has 20 heavy (non-hydrogen) atoms. The SMILES string of the molecule is O=C(Cn1[nH]c(=O)ccc1=O)NC1CCC(C(=O)O)C1. The lowest BCUT2D eigenvalue weighted by molar-refractivity contribution is -0.141. The molecule has 1 heterocycles. The lowest BCUT2D eigenvalue weighted by Gasteiger charge is -2.12. The number of nitrogens with zero attached hydrogens (tertiary/aromatic N) is 1. The number of carbonyl (C=O) groups excluding carboxylic acids is 1. The molecule has 1 aliphatic rings. The zero-order valence-electron chi connectivity index (χ0n) is 10.7. The van der Waals surface area contributed by atoms with Crippen LogP contribution in [0.4, 0.5) is 0 Å². The number of carbonyl (C=O) groups is 2. The molecule has 1 fully saturated rings. The number of aromatic amines is 1. The third-order valence-corrected chi connectivity index (χ3v) is 3.34. The number of amides is 1. The minimum absolute atomic E-state index is 0.199. The fraction of sp³-hybridized carbons (Fsp3) is 0.500. The van der Waals surface area contributed by atoms with Crippen molar-refractivity contribution < 1.29 is 14.7 Å². The number of carboxylic acid groups (broad SMARTS) is 1. The summed E-state index contributed by atoms with van der Waals surface area (Å²) in [4.78, 5) is 45.1. The Morgan fingerprint density at radius 3 is 2.75 bits per heavy atom. The van der Waals surface area contributed by atoms with Crippen molar-refractivity contribution in [2.45, 2.75) is 31.8 Å². The van der Waals surface area contributed by atoms with Gasteiger partial charge in [0.05, 0.1) is 5.92 Å². The van der Waals surface area contributed by atoms with Crippen LogP contribution in [0.2, 0.25) is 0 Å².